The van der Waals surface area contributed by atoms with E-state index in [1.165, 1.54) is 0 Å². The Hall–Kier alpha value is -2.69. The monoisotopic (exact) mass is 266 g/mol. The van der Waals surface area contributed by atoms with Gasteiger partial charge in [0.2, 0.25) is 5.91 Å². The van der Waals surface area contributed by atoms with Gasteiger partial charge in [-0.15, -0.1) is 0 Å². The van der Waals surface area contributed by atoms with E-state index >= 15 is 0 Å². The summed E-state index contributed by atoms with van der Waals surface area (Å²) in [6.45, 7) is 1.72. The van der Waals surface area contributed by atoms with E-state index in [0.717, 1.165) is 22.0 Å². The number of pyridine rings is 1. The van der Waals surface area contributed by atoms with E-state index in [4.69, 9.17) is 5.73 Å². The Morgan fingerprint density at radius 2 is 2.05 bits per heavy atom. The van der Waals surface area contributed by atoms with Gasteiger partial charge in [-0.1, -0.05) is 18.2 Å². The summed E-state index contributed by atoms with van der Waals surface area (Å²) in [5, 5.41) is 5.25. The Morgan fingerprint density at radius 3 is 2.85 bits per heavy atom. The summed E-state index contributed by atoms with van der Waals surface area (Å²) in [7, 11) is 0. The van der Waals surface area contributed by atoms with E-state index in [-0.39, 0.29) is 0 Å². The first-order chi connectivity index (χ1) is 9.65. The minimum Gasteiger partial charge on any atom is -0.368 e. The van der Waals surface area contributed by atoms with Crippen LogP contribution in [-0.4, -0.2) is 20.7 Å². The molecule has 0 saturated heterocycles. The third-order valence-electron chi connectivity index (χ3n) is 3.33. The van der Waals surface area contributed by atoms with Gasteiger partial charge in [0.05, 0.1) is 11.7 Å². The predicted octanol–water partition coefficient (Wildman–Crippen LogP) is 2.14. The predicted molar refractivity (Wildman–Crippen MR) is 76.9 cm³/mol. The largest absolute Gasteiger partial charge is 0.368 e. The number of primary amides is 1. The number of fused-ring (bicyclic) bond motifs is 1. The zero-order chi connectivity index (χ0) is 14.1. The number of nitrogens with zero attached hydrogens (tertiary/aromatic N) is 3. The molecule has 0 aliphatic heterocycles. The standard InChI is InChI=1S/C15H14N4O/c1-10(15(16)20)19-9-13(8-18-19)12-6-11-4-2-3-5-14(11)17-7-12/h2-10H,1H3,(H2,16,20)/t10-/m1/s1. The number of carbonyl (C=O) groups excluding carboxylic acids is 1. The summed E-state index contributed by atoms with van der Waals surface area (Å²) in [4.78, 5) is 15.6. The molecule has 0 saturated carbocycles. The molecule has 0 aliphatic rings. The first-order valence-corrected chi connectivity index (χ1v) is 6.34. The highest BCUT2D eigenvalue weighted by molar-refractivity contribution is 5.83. The Labute approximate surface area is 116 Å². The molecule has 0 fully saturated rings. The van der Waals surface area contributed by atoms with Crippen LogP contribution in [0, 0.1) is 0 Å². The Bertz CT molecular complexity index is 778. The van der Waals surface area contributed by atoms with Gasteiger partial charge < -0.3 is 5.73 Å². The molecule has 2 aromatic heterocycles. The summed E-state index contributed by atoms with van der Waals surface area (Å²) in [6, 6.07) is 9.52. The third-order valence-corrected chi connectivity index (χ3v) is 3.33. The Morgan fingerprint density at radius 1 is 1.25 bits per heavy atom. The van der Waals surface area contributed by atoms with Crippen LogP contribution in [-0.2, 0) is 4.79 Å². The lowest BCUT2D eigenvalue weighted by Gasteiger charge is -2.06. The van der Waals surface area contributed by atoms with Gasteiger partial charge in [0.1, 0.15) is 6.04 Å². The molecule has 1 atom stereocenters. The minimum absolute atomic E-state index is 0.406. The highest BCUT2D eigenvalue weighted by atomic mass is 16.1. The van der Waals surface area contributed by atoms with Crippen molar-refractivity contribution in [3.05, 3.63) is 48.9 Å². The SMILES string of the molecule is C[C@H](C(N)=O)n1cc(-c2cnc3ccccc3c2)cn1. The van der Waals surface area contributed by atoms with Crippen molar-refractivity contribution in [3.63, 3.8) is 0 Å². The highest BCUT2D eigenvalue weighted by Crippen LogP contribution is 2.23. The van der Waals surface area contributed by atoms with Gasteiger partial charge in [0, 0.05) is 28.9 Å². The molecular formula is C15H14N4O. The second-order valence-electron chi connectivity index (χ2n) is 4.70. The van der Waals surface area contributed by atoms with Gasteiger partial charge >= 0.3 is 0 Å². The van der Waals surface area contributed by atoms with Crippen LogP contribution in [0.2, 0.25) is 0 Å². The number of aromatic nitrogens is 3. The molecule has 3 aromatic rings. The normalized spacial score (nSPS) is 12.4. The fourth-order valence-corrected chi connectivity index (χ4v) is 2.06. The molecule has 100 valence electrons. The van der Waals surface area contributed by atoms with Crippen molar-refractivity contribution < 1.29 is 4.79 Å². The van der Waals surface area contributed by atoms with Crippen LogP contribution in [0.4, 0.5) is 0 Å². The van der Waals surface area contributed by atoms with Crippen molar-refractivity contribution in [1.82, 2.24) is 14.8 Å². The summed E-state index contributed by atoms with van der Waals surface area (Å²) in [6.07, 6.45) is 5.32. The molecule has 5 heteroatoms. The lowest BCUT2D eigenvalue weighted by Crippen LogP contribution is -2.24. The average molecular weight is 266 g/mol. The summed E-state index contributed by atoms with van der Waals surface area (Å²) < 4.78 is 1.56. The average Bonchev–Trinajstić information content (AvgIpc) is 2.95. The molecule has 2 heterocycles. The van der Waals surface area contributed by atoms with Crippen LogP contribution < -0.4 is 5.73 Å². The lowest BCUT2D eigenvalue weighted by atomic mass is 10.1. The summed E-state index contributed by atoms with van der Waals surface area (Å²) >= 11 is 0. The molecule has 0 aliphatic carbocycles. The van der Waals surface area contributed by atoms with E-state index < -0.39 is 11.9 Å². The number of rotatable bonds is 3. The molecular weight excluding hydrogens is 252 g/mol. The van der Waals surface area contributed by atoms with Crippen molar-refractivity contribution in [2.24, 2.45) is 5.73 Å². The fourth-order valence-electron chi connectivity index (χ4n) is 2.06. The third kappa shape index (κ3) is 2.14. The van der Waals surface area contributed by atoms with E-state index in [1.807, 2.05) is 24.3 Å². The second-order valence-corrected chi connectivity index (χ2v) is 4.70. The molecule has 2 N–H and O–H groups in total. The van der Waals surface area contributed by atoms with Gasteiger partial charge in [-0.05, 0) is 19.1 Å². The summed E-state index contributed by atoms with van der Waals surface area (Å²) in [5.41, 5.74) is 8.11. The van der Waals surface area contributed by atoms with Crippen LogP contribution in [0.15, 0.2) is 48.9 Å². The van der Waals surface area contributed by atoms with Crippen LogP contribution >= 0.6 is 0 Å². The van der Waals surface area contributed by atoms with E-state index in [9.17, 15) is 4.79 Å². The second kappa shape index (κ2) is 4.77. The van der Waals surface area contributed by atoms with Crippen molar-refractivity contribution in [3.8, 4) is 11.1 Å². The number of hydrogen-bond acceptors (Lipinski definition) is 3. The molecule has 0 unspecified atom stereocenters. The zero-order valence-corrected chi connectivity index (χ0v) is 11.0. The van der Waals surface area contributed by atoms with E-state index in [0.29, 0.717) is 0 Å². The molecule has 3 rings (SSSR count). The van der Waals surface area contributed by atoms with Gasteiger partial charge in [-0.25, -0.2) is 0 Å². The van der Waals surface area contributed by atoms with E-state index in [2.05, 4.69) is 16.1 Å². The van der Waals surface area contributed by atoms with Crippen LogP contribution in [0.5, 0.6) is 0 Å². The highest BCUT2D eigenvalue weighted by Gasteiger charge is 2.13. The van der Waals surface area contributed by atoms with Crippen molar-refractivity contribution >= 4 is 16.8 Å². The van der Waals surface area contributed by atoms with Crippen LogP contribution in [0.3, 0.4) is 0 Å². The number of benzene rings is 1. The molecule has 0 bridgehead atoms. The zero-order valence-electron chi connectivity index (χ0n) is 11.0. The van der Waals surface area contributed by atoms with Crippen LogP contribution in [0.25, 0.3) is 22.0 Å². The van der Waals surface area contributed by atoms with Crippen LogP contribution in [0.1, 0.15) is 13.0 Å². The maximum Gasteiger partial charge on any atom is 0.241 e. The molecule has 5 nitrogen and oxygen atoms in total. The molecule has 0 spiro atoms. The number of amides is 1. The fraction of sp³-hybridized carbons (Fsp3) is 0.133. The van der Waals surface area contributed by atoms with Crippen molar-refractivity contribution in [2.75, 3.05) is 0 Å². The van der Waals surface area contributed by atoms with E-state index in [1.54, 1.807) is 30.2 Å². The molecule has 1 amide bonds. The lowest BCUT2D eigenvalue weighted by molar-refractivity contribution is -0.120. The Kier molecular flexibility index (Phi) is 2.95. The Balaban J connectivity index is 2.01. The molecule has 0 radical (unpaired) electrons. The number of hydrogen-bond donors (Lipinski definition) is 1. The molecule has 1 aromatic carbocycles. The number of carbonyl (C=O) groups is 1. The number of para-hydroxylation sites is 1. The van der Waals surface area contributed by atoms with Gasteiger partial charge in [-0.3, -0.25) is 14.5 Å². The maximum atomic E-state index is 11.2. The molecule has 20 heavy (non-hydrogen) atoms. The minimum atomic E-state index is -0.461. The first-order valence-electron chi connectivity index (χ1n) is 6.34. The van der Waals surface area contributed by atoms with Gasteiger partial charge in [-0.2, -0.15) is 5.10 Å². The quantitative estimate of drug-likeness (QED) is 0.789. The topological polar surface area (TPSA) is 73.8 Å². The van der Waals surface area contributed by atoms with Crippen molar-refractivity contribution in [2.45, 2.75) is 13.0 Å². The van der Waals surface area contributed by atoms with Crippen molar-refractivity contribution in [1.29, 1.82) is 0 Å². The maximum absolute atomic E-state index is 11.2. The van der Waals surface area contributed by atoms with Gasteiger partial charge in [0.15, 0.2) is 0 Å². The first kappa shape index (κ1) is 12.3. The number of nitrogens with two attached hydrogens (primary N) is 1. The van der Waals surface area contributed by atoms with Gasteiger partial charge in [0.25, 0.3) is 0 Å². The summed E-state index contributed by atoms with van der Waals surface area (Å²) in [5.74, 6) is -0.406. The smallest absolute Gasteiger partial charge is 0.241 e.